The maximum atomic E-state index is 12.3. The predicted molar refractivity (Wildman–Crippen MR) is 86.1 cm³/mol. The quantitative estimate of drug-likeness (QED) is 0.622. The smallest absolute Gasteiger partial charge is 0.269 e. The topological polar surface area (TPSA) is 66.7 Å². The fourth-order valence-corrected chi connectivity index (χ4v) is 2.73. The minimum Gasteiger partial charge on any atom is -0.368 e. The minimum absolute atomic E-state index is 0.114. The van der Waals surface area contributed by atoms with Crippen molar-refractivity contribution in [3.8, 4) is 0 Å². The summed E-state index contributed by atoms with van der Waals surface area (Å²) < 4.78 is 0. The van der Waals surface area contributed by atoms with Crippen LogP contribution in [0.2, 0.25) is 0 Å². The number of non-ortho nitro benzene ring substituents is 1. The molecule has 0 radical (unpaired) electrons. The molecule has 1 saturated heterocycles. The van der Waals surface area contributed by atoms with Crippen LogP contribution < -0.4 is 4.90 Å². The lowest BCUT2D eigenvalue weighted by atomic mass is 9.94. The van der Waals surface area contributed by atoms with Gasteiger partial charge in [-0.15, -0.1) is 0 Å². The highest BCUT2D eigenvalue weighted by atomic mass is 16.6. The Morgan fingerprint density at radius 3 is 2.23 bits per heavy atom. The number of nitrogens with zero attached hydrogens (tertiary/aromatic N) is 3. The number of anilines is 1. The summed E-state index contributed by atoms with van der Waals surface area (Å²) in [4.78, 5) is 26.8. The second kappa shape index (κ2) is 5.94. The summed E-state index contributed by atoms with van der Waals surface area (Å²) in [5.74, 6) is 0.174. The molecule has 0 atom stereocenters. The normalized spacial score (nSPS) is 15.8. The summed E-state index contributed by atoms with van der Waals surface area (Å²) in [6.07, 6.45) is 0. The fourth-order valence-electron chi connectivity index (χ4n) is 2.73. The van der Waals surface area contributed by atoms with Crippen LogP contribution in [0.15, 0.2) is 18.2 Å². The molecule has 120 valence electrons. The minimum atomic E-state index is -0.378. The van der Waals surface area contributed by atoms with Crippen molar-refractivity contribution in [2.45, 2.75) is 27.7 Å². The molecule has 0 N–H and O–H groups in total. The first-order valence-corrected chi connectivity index (χ1v) is 7.49. The number of rotatable bonds is 2. The third-order valence-corrected chi connectivity index (χ3v) is 3.94. The number of carbonyl (C=O) groups is 1. The Kier molecular flexibility index (Phi) is 4.39. The lowest BCUT2D eigenvalue weighted by molar-refractivity contribution is -0.384. The Morgan fingerprint density at radius 2 is 1.77 bits per heavy atom. The summed E-state index contributed by atoms with van der Waals surface area (Å²) >= 11 is 0. The maximum absolute atomic E-state index is 12.3. The molecule has 6 nitrogen and oxygen atoms in total. The van der Waals surface area contributed by atoms with Crippen LogP contribution in [0, 0.1) is 22.5 Å². The third-order valence-electron chi connectivity index (χ3n) is 3.94. The summed E-state index contributed by atoms with van der Waals surface area (Å²) in [6.45, 7) is 10.6. The average Bonchev–Trinajstić information content (AvgIpc) is 2.45. The predicted octanol–water partition coefficient (Wildman–Crippen LogP) is 2.60. The number of aryl methyl sites for hydroxylation is 1. The van der Waals surface area contributed by atoms with Gasteiger partial charge in [-0.05, 0) is 18.6 Å². The molecule has 0 saturated carbocycles. The van der Waals surface area contributed by atoms with Gasteiger partial charge in [-0.2, -0.15) is 0 Å². The number of hydrogen-bond donors (Lipinski definition) is 0. The van der Waals surface area contributed by atoms with Gasteiger partial charge >= 0.3 is 0 Å². The zero-order valence-electron chi connectivity index (χ0n) is 13.6. The molecule has 0 spiro atoms. The van der Waals surface area contributed by atoms with Crippen molar-refractivity contribution in [3.63, 3.8) is 0 Å². The van der Waals surface area contributed by atoms with Crippen LogP contribution in [-0.2, 0) is 4.79 Å². The highest BCUT2D eigenvalue weighted by molar-refractivity contribution is 5.81. The van der Waals surface area contributed by atoms with Crippen LogP contribution >= 0.6 is 0 Å². The van der Waals surface area contributed by atoms with Crippen LogP contribution in [0.1, 0.15) is 26.3 Å². The number of nitro benzene ring substituents is 1. The molecule has 0 aliphatic carbocycles. The fraction of sp³-hybridized carbons (Fsp3) is 0.562. The van der Waals surface area contributed by atoms with Crippen molar-refractivity contribution >= 4 is 17.3 Å². The van der Waals surface area contributed by atoms with Gasteiger partial charge in [0, 0.05) is 49.4 Å². The molecule has 1 aliphatic heterocycles. The van der Waals surface area contributed by atoms with Gasteiger partial charge in [0.1, 0.15) is 0 Å². The zero-order valence-corrected chi connectivity index (χ0v) is 13.6. The molecular weight excluding hydrogens is 282 g/mol. The molecule has 1 amide bonds. The molecular formula is C16H23N3O3. The van der Waals surface area contributed by atoms with E-state index in [4.69, 9.17) is 0 Å². The Bertz CT molecular complexity index is 585. The van der Waals surface area contributed by atoms with E-state index in [2.05, 4.69) is 4.90 Å². The first kappa shape index (κ1) is 16.3. The Morgan fingerprint density at radius 1 is 1.18 bits per heavy atom. The van der Waals surface area contributed by atoms with Crippen molar-refractivity contribution in [1.82, 2.24) is 4.90 Å². The van der Waals surface area contributed by atoms with Crippen LogP contribution in [0.4, 0.5) is 11.4 Å². The Hall–Kier alpha value is -2.11. The first-order chi connectivity index (χ1) is 10.2. The summed E-state index contributed by atoms with van der Waals surface area (Å²) in [7, 11) is 0. The van der Waals surface area contributed by atoms with Crippen molar-refractivity contribution < 1.29 is 9.72 Å². The number of benzene rings is 1. The molecule has 22 heavy (non-hydrogen) atoms. The van der Waals surface area contributed by atoms with Gasteiger partial charge in [0.25, 0.3) is 5.69 Å². The van der Waals surface area contributed by atoms with E-state index in [0.29, 0.717) is 13.1 Å². The van der Waals surface area contributed by atoms with Gasteiger partial charge in [0.05, 0.1) is 4.92 Å². The Labute approximate surface area is 130 Å². The van der Waals surface area contributed by atoms with E-state index >= 15 is 0 Å². The van der Waals surface area contributed by atoms with Crippen LogP contribution in [0.25, 0.3) is 0 Å². The lowest BCUT2D eigenvalue weighted by Crippen LogP contribution is -2.51. The summed E-state index contributed by atoms with van der Waals surface area (Å²) in [5, 5.41) is 10.8. The van der Waals surface area contributed by atoms with E-state index in [-0.39, 0.29) is 21.9 Å². The molecule has 2 rings (SSSR count). The standard InChI is InChI=1S/C16H23N3O3/c1-12-11-13(19(21)22)5-6-14(12)17-7-9-18(10-8-17)15(20)16(2,3)4/h5-6,11H,7-10H2,1-4H3. The van der Waals surface area contributed by atoms with Crippen LogP contribution in [-0.4, -0.2) is 41.9 Å². The molecule has 1 aliphatic rings. The lowest BCUT2D eigenvalue weighted by Gasteiger charge is -2.39. The number of nitro groups is 1. The second-order valence-corrected chi connectivity index (χ2v) is 6.76. The van der Waals surface area contributed by atoms with Gasteiger partial charge in [0.15, 0.2) is 0 Å². The van der Waals surface area contributed by atoms with Crippen molar-refractivity contribution in [2.75, 3.05) is 31.1 Å². The monoisotopic (exact) mass is 305 g/mol. The van der Waals surface area contributed by atoms with E-state index in [9.17, 15) is 14.9 Å². The van der Waals surface area contributed by atoms with Crippen molar-refractivity contribution in [1.29, 1.82) is 0 Å². The zero-order chi connectivity index (χ0) is 16.5. The highest BCUT2D eigenvalue weighted by Crippen LogP contribution is 2.26. The van der Waals surface area contributed by atoms with Crippen LogP contribution in [0.5, 0.6) is 0 Å². The number of piperazine rings is 1. The molecule has 1 heterocycles. The van der Waals surface area contributed by atoms with E-state index in [1.165, 1.54) is 6.07 Å². The van der Waals surface area contributed by atoms with Gasteiger partial charge in [0.2, 0.25) is 5.91 Å². The third kappa shape index (κ3) is 3.37. The van der Waals surface area contributed by atoms with E-state index in [1.807, 2.05) is 32.6 Å². The largest absolute Gasteiger partial charge is 0.368 e. The molecule has 1 aromatic carbocycles. The van der Waals surface area contributed by atoms with Gasteiger partial charge < -0.3 is 9.80 Å². The summed E-state index contributed by atoms with van der Waals surface area (Å²) in [6, 6.07) is 4.94. The van der Waals surface area contributed by atoms with Gasteiger partial charge in [-0.3, -0.25) is 14.9 Å². The average molecular weight is 305 g/mol. The number of amides is 1. The van der Waals surface area contributed by atoms with E-state index in [1.54, 1.807) is 12.1 Å². The van der Waals surface area contributed by atoms with Crippen molar-refractivity contribution in [2.24, 2.45) is 5.41 Å². The SMILES string of the molecule is Cc1cc([N+](=O)[O-])ccc1N1CCN(C(=O)C(C)(C)C)CC1. The number of carbonyl (C=O) groups excluding carboxylic acids is 1. The molecule has 1 fully saturated rings. The summed E-state index contributed by atoms with van der Waals surface area (Å²) in [5.41, 5.74) is 1.66. The second-order valence-electron chi connectivity index (χ2n) is 6.76. The Balaban J connectivity index is 2.06. The molecule has 6 heteroatoms. The maximum Gasteiger partial charge on any atom is 0.269 e. The van der Waals surface area contributed by atoms with Gasteiger partial charge in [-0.1, -0.05) is 20.8 Å². The molecule has 0 unspecified atom stereocenters. The first-order valence-electron chi connectivity index (χ1n) is 7.49. The van der Waals surface area contributed by atoms with Crippen LogP contribution in [0.3, 0.4) is 0 Å². The van der Waals surface area contributed by atoms with Crippen molar-refractivity contribution in [3.05, 3.63) is 33.9 Å². The van der Waals surface area contributed by atoms with Gasteiger partial charge in [-0.25, -0.2) is 0 Å². The molecule has 1 aromatic rings. The molecule has 0 bridgehead atoms. The molecule has 0 aromatic heterocycles. The highest BCUT2D eigenvalue weighted by Gasteiger charge is 2.30. The van der Waals surface area contributed by atoms with E-state index < -0.39 is 0 Å². The number of hydrogen-bond acceptors (Lipinski definition) is 4. The van der Waals surface area contributed by atoms with E-state index in [0.717, 1.165) is 24.3 Å².